The van der Waals surface area contributed by atoms with Gasteiger partial charge in [-0.05, 0) is 60.6 Å². The zero-order valence-electron chi connectivity index (χ0n) is 29.3. The van der Waals surface area contributed by atoms with Gasteiger partial charge in [-0.3, -0.25) is 18.9 Å². The molecule has 5 N–H and O–H groups in total. The summed E-state index contributed by atoms with van der Waals surface area (Å²) in [5.74, 6) is -3.80. The van der Waals surface area contributed by atoms with Crippen molar-refractivity contribution in [3.8, 4) is 23.0 Å². The molecule has 0 radical (unpaired) electrons. The fourth-order valence-corrected chi connectivity index (χ4v) is 7.71. The lowest BCUT2D eigenvalue weighted by Crippen LogP contribution is -2.35. The summed E-state index contributed by atoms with van der Waals surface area (Å²) in [6, 6.07) is 8.06. The summed E-state index contributed by atoms with van der Waals surface area (Å²) in [5, 5.41) is 20.1. The number of fused-ring (bicyclic) bond motifs is 4. The Morgan fingerprint density at radius 2 is 1.82 bits per heavy atom. The van der Waals surface area contributed by atoms with Gasteiger partial charge in [-0.15, -0.1) is 0 Å². The number of pyridine rings is 1. The number of carbonyl (C=O) groups is 1. The van der Waals surface area contributed by atoms with Crippen molar-refractivity contribution in [3.63, 3.8) is 0 Å². The fourth-order valence-electron chi connectivity index (χ4n) is 7.20. The lowest BCUT2D eigenvalue weighted by atomic mass is 9.93. The second-order valence-electron chi connectivity index (χ2n) is 13.7. The van der Waals surface area contributed by atoms with E-state index in [4.69, 9.17) is 5.73 Å². The minimum atomic E-state index is -5.08. The van der Waals surface area contributed by atoms with Crippen molar-refractivity contribution in [1.82, 2.24) is 29.9 Å². The molecule has 3 aromatic heterocycles. The number of sulfonamides is 1. The van der Waals surface area contributed by atoms with Crippen molar-refractivity contribution in [2.75, 3.05) is 17.6 Å². The van der Waals surface area contributed by atoms with Gasteiger partial charge >= 0.3 is 6.18 Å². The van der Waals surface area contributed by atoms with Crippen LogP contribution in [0, 0.1) is 29.4 Å². The number of aliphatic hydroxyl groups excluding tert-OH is 1. The number of aryl methyl sites for hydroxylation is 1. The quantitative estimate of drug-likeness (QED) is 0.118. The van der Waals surface area contributed by atoms with Crippen molar-refractivity contribution in [3.05, 3.63) is 94.1 Å². The molecule has 2 aliphatic carbocycles. The Morgan fingerprint density at radius 1 is 1.11 bits per heavy atom. The largest absolute Gasteiger partial charge is 0.435 e. The summed E-state index contributed by atoms with van der Waals surface area (Å²) in [4.78, 5) is 18.5. The van der Waals surface area contributed by atoms with Crippen LogP contribution in [0.25, 0.3) is 22.0 Å². The number of nitrogens with zero attached hydrogens (tertiary/aromatic N) is 5. The van der Waals surface area contributed by atoms with Crippen LogP contribution in [0.1, 0.15) is 52.3 Å². The normalized spacial score (nSPS) is 18.1. The molecule has 4 atom stereocenters. The Morgan fingerprint density at radius 3 is 2.48 bits per heavy atom. The molecule has 3 heterocycles. The molecular weight excluding hydrogens is 774 g/mol. The molecule has 294 valence electrons. The van der Waals surface area contributed by atoms with Crippen LogP contribution in [0.4, 0.5) is 36.6 Å². The molecular formula is C36H31F7N8O4S. The monoisotopic (exact) mass is 804 g/mol. The van der Waals surface area contributed by atoms with Crippen molar-refractivity contribution in [1.29, 1.82) is 0 Å². The Balaban J connectivity index is 1.37. The van der Waals surface area contributed by atoms with E-state index in [1.54, 1.807) is 18.2 Å². The first-order valence-electron chi connectivity index (χ1n) is 16.9. The number of nitrogens with one attached hydrogen (secondary N) is 2. The zero-order valence-corrected chi connectivity index (χ0v) is 30.1. The van der Waals surface area contributed by atoms with Crippen LogP contribution in [0.5, 0.6) is 0 Å². The topological polar surface area (TPSA) is 170 Å². The number of benzene rings is 2. The van der Waals surface area contributed by atoms with Crippen molar-refractivity contribution >= 4 is 32.7 Å². The van der Waals surface area contributed by atoms with Crippen LogP contribution >= 0.6 is 0 Å². The number of aromatic nitrogens is 5. The van der Waals surface area contributed by atoms with Crippen LogP contribution in [-0.2, 0) is 46.9 Å². The first kappa shape index (κ1) is 38.7. The standard InChI is InChI=1S/C36H31F7N8O4S/c1-50-31-23(4-3-5-24(31)34(48-50)49-56(2,54)55)22-9-8-21(7-6-20(44)16-52)45-30(22)27(12-17-10-18(37)13-19(38)11-17)46-28(53)15-51-33-29(32(47-51)36(41,42)43)25-14-26(25)35(33,39)40/h3-5,8-11,13,20,25-27,52H,12,14-16,44H2,1-2H3,(H,46,53)(H,48,49)/t20-,25+,26?,27?/m1/s1. The Hall–Kier alpha value is -5.52. The predicted octanol–water partition coefficient (Wildman–Crippen LogP) is 4.48. The minimum absolute atomic E-state index is 0.00341. The van der Waals surface area contributed by atoms with E-state index in [0.29, 0.717) is 27.2 Å². The fraction of sp³-hybridized carbons (Fsp3) is 0.333. The minimum Gasteiger partial charge on any atom is -0.394 e. The van der Waals surface area contributed by atoms with Gasteiger partial charge in [0.2, 0.25) is 15.9 Å². The number of alkyl halides is 5. The molecule has 2 aliphatic rings. The van der Waals surface area contributed by atoms with Crippen molar-refractivity contribution < 1.29 is 49.1 Å². The molecule has 0 aliphatic heterocycles. The van der Waals surface area contributed by atoms with Gasteiger partial charge in [-0.2, -0.15) is 32.1 Å². The lowest BCUT2D eigenvalue weighted by molar-refractivity contribution is -0.142. The van der Waals surface area contributed by atoms with E-state index in [2.05, 4.69) is 37.1 Å². The van der Waals surface area contributed by atoms with E-state index in [1.807, 2.05) is 0 Å². The summed E-state index contributed by atoms with van der Waals surface area (Å²) in [6.45, 7) is -1.58. The molecule has 20 heteroatoms. The Bertz CT molecular complexity index is 2560. The Labute approximate surface area is 313 Å². The maximum absolute atomic E-state index is 15.3. The molecule has 0 bridgehead atoms. The van der Waals surface area contributed by atoms with Crippen LogP contribution in [0.2, 0.25) is 0 Å². The van der Waals surface area contributed by atoms with Crippen LogP contribution in [-0.4, -0.2) is 62.9 Å². The molecule has 0 saturated heterocycles. The molecule has 1 amide bonds. The third kappa shape index (κ3) is 7.41. The number of amides is 1. The number of para-hydroxylation sites is 1. The van der Waals surface area contributed by atoms with E-state index >= 15 is 8.78 Å². The first-order chi connectivity index (χ1) is 26.2. The number of carbonyl (C=O) groups excluding carboxylic acids is 1. The van der Waals surface area contributed by atoms with Crippen molar-refractivity contribution in [2.45, 2.75) is 49.5 Å². The lowest BCUT2D eigenvalue weighted by Gasteiger charge is -2.23. The van der Waals surface area contributed by atoms with E-state index in [1.165, 1.54) is 23.9 Å². The van der Waals surface area contributed by atoms with Crippen LogP contribution in [0.15, 0.2) is 48.5 Å². The van der Waals surface area contributed by atoms with Gasteiger partial charge in [-0.1, -0.05) is 18.1 Å². The van der Waals surface area contributed by atoms with Gasteiger partial charge in [0, 0.05) is 41.1 Å². The molecule has 7 rings (SSSR count). The molecule has 2 unspecified atom stereocenters. The second kappa shape index (κ2) is 13.9. The first-order valence-corrected chi connectivity index (χ1v) is 18.8. The second-order valence-corrected chi connectivity index (χ2v) is 15.4. The third-order valence-corrected chi connectivity index (χ3v) is 10.0. The van der Waals surface area contributed by atoms with Gasteiger partial charge in [0.25, 0.3) is 5.92 Å². The molecule has 12 nitrogen and oxygen atoms in total. The maximum Gasteiger partial charge on any atom is 0.435 e. The number of hydrogen-bond acceptors (Lipinski definition) is 8. The van der Waals surface area contributed by atoms with E-state index in [0.717, 1.165) is 18.4 Å². The molecule has 1 fully saturated rings. The SMILES string of the molecule is Cn1nc(NS(C)(=O)=O)c2cccc(-c3ccc(C#C[C@@H](N)CO)nc3C(Cc3cc(F)cc(F)c3)NC(=O)Cn3nc(C(F)(F)F)c4c3C(F)(F)C3C[C@H]43)c21. The third-order valence-electron chi connectivity index (χ3n) is 9.47. The number of halogens is 7. The highest BCUT2D eigenvalue weighted by Gasteiger charge is 2.68. The average molecular weight is 805 g/mol. The maximum atomic E-state index is 15.3. The predicted molar refractivity (Wildman–Crippen MR) is 187 cm³/mol. The van der Waals surface area contributed by atoms with Crippen LogP contribution < -0.4 is 15.8 Å². The van der Waals surface area contributed by atoms with E-state index < -0.39 is 93.7 Å². The Kier molecular flexibility index (Phi) is 9.61. The number of anilines is 1. The van der Waals surface area contributed by atoms with E-state index in [-0.39, 0.29) is 41.2 Å². The number of hydrogen-bond donors (Lipinski definition) is 4. The van der Waals surface area contributed by atoms with Gasteiger partial charge in [0.1, 0.15) is 29.6 Å². The number of nitrogens with two attached hydrogens (primary N) is 1. The van der Waals surface area contributed by atoms with Crippen molar-refractivity contribution in [2.24, 2.45) is 18.7 Å². The summed E-state index contributed by atoms with van der Waals surface area (Å²) in [7, 11) is -2.25. The summed E-state index contributed by atoms with van der Waals surface area (Å²) in [5.41, 5.74) is 3.67. The average Bonchev–Trinajstić information content (AvgIpc) is 3.65. The molecule has 56 heavy (non-hydrogen) atoms. The molecule has 5 aromatic rings. The van der Waals surface area contributed by atoms with Gasteiger partial charge in [0.05, 0.1) is 36.2 Å². The van der Waals surface area contributed by atoms with Gasteiger partial charge < -0.3 is 16.2 Å². The van der Waals surface area contributed by atoms with E-state index in [9.17, 15) is 40.3 Å². The van der Waals surface area contributed by atoms with Gasteiger partial charge in [0.15, 0.2) is 11.5 Å². The smallest absolute Gasteiger partial charge is 0.394 e. The zero-order chi connectivity index (χ0) is 40.5. The number of rotatable bonds is 10. The molecule has 2 aromatic carbocycles. The number of aliphatic hydroxyl groups is 1. The highest BCUT2D eigenvalue weighted by Crippen LogP contribution is 2.68. The van der Waals surface area contributed by atoms with Crippen LogP contribution in [0.3, 0.4) is 0 Å². The highest BCUT2D eigenvalue weighted by atomic mass is 32.2. The molecule has 0 spiro atoms. The van der Waals surface area contributed by atoms with Gasteiger partial charge in [-0.25, -0.2) is 22.2 Å². The molecule has 1 saturated carbocycles. The highest BCUT2D eigenvalue weighted by molar-refractivity contribution is 7.92. The summed E-state index contributed by atoms with van der Waals surface area (Å²) >= 11 is 0. The summed E-state index contributed by atoms with van der Waals surface area (Å²) < 4.78 is 130. The summed E-state index contributed by atoms with van der Waals surface area (Å²) in [6.07, 6.45) is -4.68.